The molecule has 0 spiro atoms. The molecule has 2 N–H and O–H groups in total. The van der Waals surface area contributed by atoms with Crippen molar-refractivity contribution < 1.29 is 24.2 Å². The maximum atomic E-state index is 13.0. The van der Waals surface area contributed by atoms with Crippen LogP contribution in [-0.4, -0.2) is 37.3 Å². The number of carbonyl (C=O) groups is 2. The first-order chi connectivity index (χ1) is 14.6. The SMILES string of the molecule is COc1cc(C)c(/C=C(\C)C(=O)NC2(c3ccc(C(=O)O)cc3P)COC2)c(Cl)c1Cl. The number of carboxylic acids is 1. The van der Waals surface area contributed by atoms with Gasteiger partial charge in [0.25, 0.3) is 0 Å². The van der Waals surface area contributed by atoms with Crippen molar-refractivity contribution in [1.29, 1.82) is 0 Å². The summed E-state index contributed by atoms with van der Waals surface area (Å²) < 4.78 is 10.6. The summed E-state index contributed by atoms with van der Waals surface area (Å²) in [5.41, 5.74) is 2.11. The van der Waals surface area contributed by atoms with Crippen molar-refractivity contribution in [2.45, 2.75) is 19.4 Å². The largest absolute Gasteiger partial charge is 0.495 e. The van der Waals surface area contributed by atoms with Gasteiger partial charge in [0.15, 0.2) is 0 Å². The second kappa shape index (κ2) is 9.17. The van der Waals surface area contributed by atoms with Crippen molar-refractivity contribution >= 4 is 55.7 Å². The summed E-state index contributed by atoms with van der Waals surface area (Å²) in [6, 6.07) is 6.54. The first-order valence-electron chi connectivity index (χ1n) is 9.34. The van der Waals surface area contributed by atoms with Crippen molar-refractivity contribution in [3.63, 3.8) is 0 Å². The number of halogens is 2. The number of methoxy groups -OCH3 is 1. The highest BCUT2D eigenvalue weighted by molar-refractivity contribution is 7.27. The van der Waals surface area contributed by atoms with E-state index in [1.807, 2.05) is 6.92 Å². The Kier molecular flexibility index (Phi) is 6.97. The van der Waals surface area contributed by atoms with Crippen molar-refractivity contribution in [1.82, 2.24) is 5.32 Å². The summed E-state index contributed by atoms with van der Waals surface area (Å²) in [5, 5.41) is 13.5. The van der Waals surface area contributed by atoms with Gasteiger partial charge in [0.05, 0.1) is 30.9 Å². The molecule has 6 nitrogen and oxygen atoms in total. The van der Waals surface area contributed by atoms with Gasteiger partial charge in [-0.3, -0.25) is 4.79 Å². The molecule has 31 heavy (non-hydrogen) atoms. The van der Waals surface area contributed by atoms with Crippen molar-refractivity contribution in [2.24, 2.45) is 0 Å². The van der Waals surface area contributed by atoms with Crippen LogP contribution in [0.15, 0.2) is 29.8 Å². The molecule has 2 aromatic carbocycles. The third-order valence-corrected chi connectivity index (χ3v) is 6.56. The lowest BCUT2D eigenvalue weighted by atomic mass is 9.86. The Balaban J connectivity index is 1.90. The van der Waals surface area contributed by atoms with E-state index in [1.165, 1.54) is 13.2 Å². The molecule has 3 rings (SSSR count). The second-order valence-corrected chi connectivity index (χ2v) is 8.78. The van der Waals surface area contributed by atoms with Crippen molar-refractivity contribution in [2.75, 3.05) is 20.3 Å². The fourth-order valence-corrected chi connectivity index (χ4v) is 4.48. The van der Waals surface area contributed by atoms with E-state index in [2.05, 4.69) is 14.6 Å². The highest BCUT2D eigenvalue weighted by Gasteiger charge is 2.43. The molecule has 1 aliphatic heterocycles. The van der Waals surface area contributed by atoms with E-state index in [-0.39, 0.29) is 29.7 Å². The van der Waals surface area contributed by atoms with Gasteiger partial charge in [-0.15, -0.1) is 9.24 Å². The van der Waals surface area contributed by atoms with E-state index in [1.54, 1.807) is 31.2 Å². The third kappa shape index (κ3) is 4.58. The molecule has 0 radical (unpaired) electrons. The predicted molar refractivity (Wildman–Crippen MR) is 125 cm³/mol. The number of carboxylic acid groups (broad SMARTS) is 1. The zero-order chi connectivity index (χ0) is 22.9. The molecule has 0 bridgehead atoms. The molecule has 1 aliphatic rings. The number of aryl methyl sites for hydroxylation is 1. The zero-order valence-corrected chi connectivity index (χ0v) is 19.9. The zero-order valence-electron chi connectivity index (χ0n) is 17.2. The van der Waals surface area contributed by atoms with Crippen molar-refractivity contribution in [3.05, 3.63) is 62.1 Å². The minimum atomic E-state index is -1.01. The number of ether oxygens (including phenoxy) is 2. The molecular formula is C22H22Cl2NO5P. The summed E-state index contributed by atoms with van der Waals surface area (Å²) >= 11 is 12.7. The van der Waals surface area contributed by atoms with Crippen LogP contribution in [0.5, 0.6) is 5.75 Å². The summed E-state index contributed by atoms with van der Waals surface area (Å²) in [6.07, 6.45) is 1.68. The maximum absolute atomic E-state index is 13.0. The average molecular weight is 482 g/mol. The lowest BCUT2D eigenvalue weighted by Crippen LogP contribution is -2.60. The molecule has 1 heterocycles. The molecule has 1 fully saturated rings. The molecule has 1 atom stereocenters. The Morgan fingerprint density at radius 3 is 2.45 bits per heavy atom. The monoisotopic (exact) mass is 481 g/mol. The fourth-order valence-electron chi connectivity index (χ4n) is 3.39. The molecule has 0 aromatic heterocycles. The first-order valence-corrected chi connectivity index (χ1v) is 10.7. The Labute approximate surface area is 192 Å². The minimum absolute atomic E-state index is 0.174. The highest BCUT2D eigenvalue weighted by atomic mass is 35.5. The van der Waals surface area contributed by atoms with Crippen LogP contribution in [0.4, 0.5) is 0 Å². The van der Waals surface area contributed by atoms with Gasteiger partial charge in [-0.25, -0.2) is 4.79 Å². The van der Waals surface area contributed by atoms with E-state index in [0.29, 0.717) is 27.2 Å². The van der Waals surface area contributed by atoms with Crippen LogP contribution < -0.4 is 15.4 Å². The van der Waals surface area contributed by atoms with E-state index in [9.17, 15) is 14.7 Å². The van der Waals surface area contributed by atoms with E-state index >= 15 is 0 Å². The van der Waals surface area contributed by atoms with Gasteiger partial charge >= 0.3 is 5.97 Å². The van der Waals surface area contributed by atoms with E-state index in [4.69, 9.17) is 32.7 Å². The van der Waals surface area contributed by atoms with Crippen LogP contribution in [0.25, 0.3) is 6.08 Å². The van der Waals surface area contributed by atoms with E-state index in [0.717, 1.165) is 11.1 Å². The number of nitrogens with one attached hydrogen (secondary N) is 1. The number of carbonyl (C=O) groups excluding carboxylic acids is 1. The Morgan fingerprint density at radius 1 is 1.26 bits per heavy atom. The Morgan fingerprint density at radius 2 is 1.94 bits per heavy atom. The smallest absolute Gasteiger partial charge is 0.335 e. The molecule has 0 saturated carbocycles. The normalized spacial score (nSPS) is 15.2. The fraction of sp³-hybridized carbons (Fsp3) is 0.273. The molecule has 2 aromatic rings. The van der Waals surface area contributed by atoms with E-state index < -0.39 is 11.5 Å². The Hall–Kier alpha value is -2.11. The average Bonchev–Trinajstić information content (AvgIpc) is 2.70. The number of amides is 1. The standard InChI is InChI=1S/C22H22Cl2NO5P/c1-11-7-16(29-3)19(24)18(23)14(11)6-12(2)20(26)25-22(9-30-10-22)15-5-4-13(21(27)28)8-17(15)31/h4-8H,9-10,31H2,1-3H3,(H,25,26)(H,27,28)/b12-6+. The minimum Gasteiger partial charge on any atom is -0.495 e. The van der Waals surface area contributed by atoms with Crippen LogP contribution in [0, 0.1) is 6.92 Å². The third-order valence-electron chi connectivity index (χ3n) is 5.22. The van der Waals surface area contributed by atoms with Gasteiger partial charge in [0, 0.05) is 5.57 Å². The van der Waals surface area contributed by atoms with Crippen LogP contribution >= 0.6 is 32.4 Å². The van der Waals surface area contributed by atoms with Crippen LogP contribution in [0.3, 0.4) is 0 Å². The lowest BCUT2D eigenvalue weighted by Gasteiger charge is -2.43. The van der Waals surface area contributed by atoms with Crippen LogP contribution in [0.1, 0.15) is 34.0 Å². The summed E-state index contributed by atoms with van der Waals surface area (Å²) in [6.45, 7) is 4.11. The number of aromatic carboxylic acids is 1. The topological polar surface area (TPSA) is 84.9 Å². The predicted octanol–water partition coefficient (Wildman–Crippen LogP) is 3.95. The van der Waals surface area contributed by atoms with Gasteiger partial charge < -0.3 is 19.9 Å². The molecule has 1 amide bonds. The molecule has 0 aliphatic carbocycles. The van der Waals surface area contributed by atoms with Gasteiger partial charge in [-0.2, -0.15) is 0 Å². The summed E-state index contributed by atoms with van der Waals surface area (Å²) in [4.78, 5) is 24.2. The molecular weight excluding hydrogens is 460 g/mol. The number of benzene rings is 2. The first kappa shape index (κ1) is 23.6. The number of hydrogen-bond donors (Lipinski definition) is 2. The van der Waals surface area contributed by atoms with Gasteiger partial charge in [-0.1, -0.05) is 29.3 Å². The van der Waals surface area contributed by atoms with Gasteiger partial charge in [0.2, 0.25) is 5.91 Å². The molecule has 9 heteroatoms. The van der Waals surface area contributed by atoms with Gasteiger partial charge in [0.1, 0.15) is 16.3 Å². The lowest BCUT2D eigenvalue weighted by molar-refractivity contribution is -0.130. The van der Waals surface area contributed by atoms with Crippen LogP contribution in [-0.2, 0) is 15.1 Å². The molecule has 164 valence electrons. The molecule has 1 unspecified atom stereocenters. The number of rotatable bonds is 6. The summed E-state index contributed by atoms with van der Waals surface area (Å²) in [5.74, 6) is -0.841. The maximum Gasteiger partial charge on any atom is 0.335 e. The van der Waals surface area contributed by atoms with Crippen molar-refractivity contribution in [3.8, 4) is 5.75 Å². The van der Waals surface area contributed by atoms with Gasteiger partial charge in [-0.05, 0) is 60.1 Å². The second-order valence-electron chi connectivity index (χ2n) is 7.40. The summed E-state index contributed by atoms with van der Waals surface area (Å²) in [7, 11) is 4.04. The van der Waals surface area contributed by atoms with Crippen LogP contribution in [0.2, 0.25) is 10.0 Å². The highest BCUT2D eigenvalue weighted by Crippen LogP contribution is 2.38. The molecule has 1 saturated heterocycles. The number of hydrogen-bond acceptors (Lipinski definition) is 4. The Bertz CT molecular complexity index is 1100. The quantitative estimate of drug-likeness (QED) is 0.481.